The van der Waals surface area contributed by atoms with Crippen LogP contribution in [0.25, 0.3) is 0 Å². The predicted molar refractivity (Wildman–Crippen MR) is 133 cm³/mol. The highest BCUT2D eigenvalue weighted by Gasteiger charge is 2.39. The maximum absolute atomic E-state index is 13.4. The Labute approximate surface area is 205 Å². The minimum absolute atomic E-state index is 0.0380. The third kappa shape index (κ3) is 5.92. The minimum atomic E-state index is -0.401. The van der Waals surface area contributed by atoms with Gasteiger partial charge in [-0.2, -0.15) is 0 Å². The van der Waals surface area contributed by atoms with E-state index in [-0.39, 0.29) is 36.7 Å². The van der Waals surface area contributed by atoms with E-state index in [9.17, 15) is 14.4 Å². The molecule has 35 heavy (non-hydrogen) atoms. The number of ether oxygens (including phenoxy) is 2. The summed E-state index contributed by atoms with van der Waals surface area (Å²) in [6.45, 7) is 4.68. The fourth-order valence-corrected chi connectivity index (χ4v) is 4.60. The molecular weight excluding hydrogens is 448 g/mol. The van der Waals surface area contributed by atoms with Crippen molar-refractivity contribution >= 4 is 29.2 Å². The molecule has 4 rings (SSSR count). The summed E-state index contributed by atoms with van der Waals surface area (Å²) in [6, 6.07) is 11.9. The lowest BCUT2D eigenvalue weighted by Gasteiger charge is -2.42. The van der Waals surface area contributed by atoms with Gasteiger partial charge >= 0.3 is 6.03 Å². The SMILES string of the molecule is CCNC(=O)C[C@@H]1CC[C@H]2[C@H](COc3ccc(NC(=O)Nc4cccc(C)c4)cc3C(=O)N2C)O1. The summed E-state index contributed by atoms with van der Waals surface area (Å²) >= 11 is 0. The van der Waals surface area contributed by atoms with Crippen molar-refractivity contribution in [2.45, 2.75) is 51.4 Å². The molecule has 0 radical (unpaired) electrons. The molecule has 2 aliphatic heterocycles. The highest BCUT2D eigenvalue weighted by Crippen LogP contribution is 2.32. The van der Waals surface area contributed by atoms with E-state index in [1.165, 1.54) is 0 Å². The van der Waals surface area contributed by atoms with Gasteiger partial charge in [0.25, 0.3) is 5.91 Å². The van der Waals surface area contributed by atoms with Crippen LogP contribution in [0, 0.1) is 6.92 Å². The van der Waals surface area contributed by atoms with Gasteiger partial charge in [-0.1, -0.05) is 12.1 Å². The van der Waals surface area contributed by atoms with Gasteiger partial charge in [-0.25, -0.2) is 4.79 Å². The number of benzene rings is 2. The lowest BCUT2D eigenvalue weighted by atomic mass is 9.94. The van der Waals surface area contributed by atoms with Crippen LogP contribution in [0.2, 0.25) is 0 Å². The molecule has 0 aliphatic carbocycles. The Bertz CT molecular complexity index is 1100. The van der Waals surface area contributed by atoms with Crippen LogP contribution in [-0.2, 0) is 9.53 Å². The second-order valence-electron chi connectivity index (χ2n) is 8.99. The first-order valence-corrected chi connectivity index (χ1v) is 11.9. The van der Waals surface area contributed by atoms with Crippen molar-refractivity contribution in [2.24, 2.45) is 0 Å². The van der Waals surface area contributed by atoms with Gasteiger partial charge in [-0.3, -0.25) is 9.59 Å². The molecule has 2 aliphatic rings. The van der Waals surface area contributed by atoms with Gasteiger partial charge in [0.05, 0.1) is 24.1 Å². The van der Waals surface area contributed by atoms with Gasteiger partial charge in [-0.15, -0.1) is 0 Å². The lowest BCUT2D eigenvalue weighted by Crippen LogP contribution is -2.54. The Kier molecular flexibility index (Phi) is 7.55. The van der Waals surface area contributed by atoms with Crippen molar-refractivity contribution in [2.75, 3.05) is 30.8 Å². The Morgan fingerprint density at radius 2 is 1.86 bits per heavy atom. The summed E-state index contributed by atoms with van der Waals surface area (Å²) in [4.78, 5) is 39.5. The van der Waals surface area contributed by atoms with Gasteiger partial charge in [0.2, 0.25) is 5.91 Å². The number of hydrogen-bond acceptors (Lipinski definition) is 5. The maximum atomic E-state index is 13.4. The van der Waals surface area contributed by atoms with Crippen molar-refractivity contribution in [3.63, 3.8) is 0 Å². The minimum Gasteiger partial charge on any atom is -0.490 e. The zero-order chi connectivity index (χ0) is 24.9. The number of likely N-dealkylation sites (N-methyl/N-ethyl adjacent to an activating group) is 1. The van der Waals surface area contributed by atoms with Crippen LogP contribution in [0.1, 0.15) is 42.1 Å². The average Bonchev–Trinajstić information content (AvgIpc) is 2.82. The highest BCUT2D eigenvalue weighted by atomic mass is 16.5. The van der Waals surface area contributed by atoms with Crippen molar-refractivity contribution in [3.8, 4) is 5.75 Å². The number of amides is 4. The highest BCUT2D eigenvalue weighted by molar-refractivity contribution is 6.02. The second-order valence-corrected chi connectivity index (χ2v) is 8.99. The van der Waals surface area contributed by atoms with Crippen LogP contribution >= 0.6 is 0 Å². The number of carbonyl (C=O) groups is 3. The van der Waals surface area contributed by atoms with Crippen LogP contribution in [0.5, 0.6) is 5.75 Å². The van der Waals surface area contributed by atoms with E-state index >= 15 is 0 Å². The second kappa shape index (κ2) is 10.8. The van der Waals surface area contributed by atoms with Crippen molar-refractivity contribution in [1.82, 2.24) is 10.2 Å². The number of aryl methyl sites for hydroxylation is 1. The molecule has 4 amide bonds. The quantitative estimate of drug-likeness (QED) is 0.607. The molecule has 0 saturated carbocycles. The van der Waals surface area contributed by atoms with E-state index in [0.717, 1.165) is 5.56 Å². The van der Waals surface area contributed by atoms with E-state index in [1.807, 2.05) is 38.1 Å². The van der Waals surface area contributed by atoms with Crippen LogP contribution in [0.3, 0.4) is 0 Å². The number of anilines is 2. The molecule has 9 heteroatoms. The molecular formula is C26H32N4O5. The fourth-order valence-electron chi connectivity index (χ4n) is 4.60. The molecule has 1 saturated heterocycles. The zero-order valence-corrected chi connectivity index (χ0v) is 20.3. The van der Waals surface area contributed by atoms with Crippen molar-refractivity contribution < 1.29 is 23.9 Å². The van der Waals surface area contributed by atoms with Gasteiger partial charge in [0, 0.05) is 25.0 Å². The van der Waals surface area contributed by atoms with Gasteiger partial charge in [0.1, 0.15) is 18.5 Å². The molecule has 3 atom stereocenters. The molecule has 9 nitrogen and oxygen atoms in total. The number of fused-ring (bicyclic) bond motifs is 2. The van der Waals surface area contributed by atoms with E-state index in [2.05, 4.69) is 16.0 Å². The first kappa shape index (κ1) is 24.5. The number of rotatable bonds is 5. The Morgan fingerprint density at radius 1 is 1.09 bits per heavy atom. The molecule has 3 N–H and O–H groups in total. The third-order valence-electron chi connectivity index (χ3n) is 6.33. The summed E-state index contributed by atoms with van der Waals surface area (Å²) in [5.41, 5.74) is 2.58. The summed E-state index contributed by atoms with van der Waals surface area (Å²) < 4.78 is 12.2. The third-order valence-corrected chi connectivity index (χ3v) is 6.33. The number of urea groups is 1. The van der Waals surface area contributed by atoms with E-state index in [1.54, 1.807) is 30.1 Å². The van der Waals surface area contributed by atoms with Crippen LogP contribution in [0.15, 0.2) is 42.5 Å². The first-order chi connectivity index (χ1) is 16.8. The standard InChI is InChI=1S/C26H32N4O5/c1-4-27-24(31)14-19-9-10-21-23(35-19)15-34-22-11-8-18(13-20(22)25(32)30(21)3)29-26(33)28-17-7-5-6-16(2)12-17/h5-8,11-13,19,21,23H,4,9-10,14-15H2,1-3H3,(H,27,31)(H2,28,29,33)/t19-,21-,23-/m0/s1. The van der Waals surface area contributed by atoms with Crippen molar-refractivity contribution in [1.29, 1.82) is 0 Å². The lowest BCUT2D eigenvalue weighted by molar-refractivity contribution is -0.133. The van der Waals surface area contributed by atoms with Crippen LogP contribution in [0.4, 0.5) is 16.2 Å². The zero-order valence-electron chi connectivity index (χ0n) is 20.3. The monoisotopic (exact) mass is 480 g/mol. The molecule has 0 spiro atoms. The summed E-state index contributed by atoms with van der Waals surface area (Å²) in [7, 11) is 1.76. The largest absolute Gasteiger partial charge is 0.490 e. The smallest absolute Gasteiger partial charge is 0.323 e. The summed E-state index contributed by atoms with van der Waals surface area (Å²) in [6.07, 6.45) is 1.16. The average molecular weight is 481 g/mol. The topological polar surface area (TPSA) is 109 Å². The van der Waals surface area contributed by atoms with E-state index < -0.39 is 6.03 Å². The van der Waals surface area contributed by atoms with E-state index in [0.29, 0.717) is 48.5 Å². The van der Waals surface area contributed by atoms with Gasteiger partial charge in [0.15, 0.2) is 0 Å². The summed E-state index contributed by atoms with van der Waals surface area (Å²) in [5.74, 6) is 0.187. The maximum Gasteiger partial charge on any atom is 0.323 e. The Balaban J connectivity index is 1.45. The number of hydrogen-bond donors (Lipinski definition) is 3. The number of nitrogens with zero attached hydrogens (tertiary/aromatic N) is 1. The Hall–Kier alpha value is -3.59. The van der Waals surface area contributed by atoms with E-state index in [4.69, 9.17) is 9.47 Å². The van der Waals surface area contributed by atoms with Gasteiger partial charge in [-0.05, 0) is 62.6 Å². The molecule has 0 unspecified atom stereocenters. The molecule has 2 heterocycles. The Morgan fingerprint density at radius 3 is 2.60 bits per heavy atom. The fraction of sp³-hybridized carbons (Fsp3) is 0.423. The number of carbonyl (C=O) groups excluding carboxylic acids is 3. The van der Waals surface area contributed by atoms with Gasteiger partial charge < -0.3 is 30.3 Å². The number of nitrogens with one attached hydrogen (secondary N) is 3. The predicted octanol–water partition coefficient (Wildman–Crippen LogP) is 3.55. The molecule has 0 bridgehead atoms. The van der Waals surface area contributed by atoms with Crippen LogP contribution < -0.4 is 20.7 Å². The normalized spacial score (nSPS) is 21.5. The molecule has 2 aromatic rings. The molecule has 0 aromatic heterocycles. The molecule has 2 aromatic carbocycles. The molecule has 186 valence electrons. The van der Waals surface area contributed by atoms with Crippen LogP contribution in [-0.4, -0.2) is 61.2 Å². The van der Waals surface area contributed by atoms with Crippen molar-refractivity contribution in [3.05, 3.63) is 53.6 Å². The summed E-state index contributed by atoms with van der Waals surface area (Å²) in [5, 5.41) is 8.38. The molecule has 1 fully saturated rings. The first-order valence-electron chi connectivity index (χ1n) is 11.9.